The lowest BCUT2D eigenvalue weighted by Crippen LogP contribution is -2.30. The predicted octanol–water partition coefficient (Wildman–Crippen LogP) is 5.37. The van der Waals surface area contributed by atoms with Crippen LogP contribution in [0.1, 0.15) is 32.3 Å². The van der Waals surface area contributed by atoms with Gasteiger partial charge in [0, 0.05) is 46.1 Å². The highest BCUT2D eigenvalue weighted by molar-refractivity contribution is 6.19. The van der Waals surface area contributed by atoms with Crippen LogP contribution in [0.25, 0.3) is 21.8 Å². The molecule has 3 heterocycles. The third kappa shape index (κ3) is 4.17. The fourth-order valence-electron chi connectivity index (χ4n) is 5.13. The number of anilines is 2. The first-order valence-corrected chi connectivity index (χ1v) is 12.7. The number of nitrogens with zero attached hydrogens (tertiary/aromatic N) is 2. The number of methoxy groups -OCH3 is 1. The fraction of sp³-hybridized carbons (Fsp3) is 0.138. The average molecular weight is 543 g/mol. The van der Waals surface area contributed by atoms with E-state index in [0.29, 0.717) is 51.3 Å². The normalized spacial score (nSPS) is 14.5. The second-order valence-corrected chi connectivity index (χ2v) is 9.63. The second kappa shape index (κ2) is 9.52. The number of nitrogens with one attached hydrogen (secondary N) is 2. The van der Waals surface area contributed by atoms with Crippen LogP contribution in [0.4, 0.5) is 11.4 Å². The topological polar surface area (TPSA) is 128 Å². The Kier molecular flexibility index (Phi) is 6.00. The molecule has 0 saturated carbocycles. The van der Waals surface area contributed by atoms with Crippen molar-refractivity contribution in [2.24, 2.45) is 0 Å². The summed E-state index contributed by atoms with van der Waals surface area (Å²) in [5.41, 5.74) is 3.06. The quantitative estimate of drug-likeness (QED) is 0.221. The molecule has 0 radical (unpaired) electrons. The number of carbonyl (C=O) groups excluding carboxylic acids is 2. The molecule has 0 unspecified atom stereocenters. The van der Waals surface area contributed by atoms with Crippen molar-refractivity contribution in [1.29, 1.82) is 0 Å². The number of ether oxygens (including phenoxy) is 1. The molecule has 9 nitrogen and oxygen atoms in total. The number of aromatic hydroxyl groups is 2. The van der Waals surface area contributed by atoms with E-state index in [2.05, 4.69) is 15.3 Å². The summed E-state index contributed by atoms with van der Waals surface area (Å²) in [4.78, 5) is 35.3. The maximum atomic E-state index is 13.7. The molecule has 10 heteroatoms. The van der Waals surface area contributed by atoms with E-state index >= 15 is 0 Å². The van der Waals surface area contributed by atoms with Crippen LogP contribution in [-0.4, -0.2) is 51.5 Å². The standard InChI is InChI=1S/C29H23ClN4O5/c1-39-24-4-2-3-20-23(36)11-22-25(26(20)24)17(12-30)14-34(22)29(38)21-10-16-9-18(13-31-27(16)33-21)32-28(37)15-5-7-19(35)8-6-15/h2-11,13,17,35-36H,12,14H2,1H3,(H,31,33)(H,32,37)/t17-/m1/s1. The van der Waals surface area contributed by atoms with E-state index < -0.39 is 0 Å². The molecule has 0 spiro atoms. The maximum Gasteiger partial charge on any atom is 0.274 e. The molecule has 6 rings (SSSR count). The third-order valence-corrected chi connectivity index (χ3v) is 7.33. The number of halogens is 1. The molecule has 0 aliphatic carbocycles. The molecule has 3 aromatic carbocycles. The molecule has 0 fully saturated rings. The van der Waals surface area contributed by atoms with Gasteiger partial charge in [-0.3, -0.25) is 9.59 Å². The van der Waals surface area contributed by atoms with Crippen LogP contribution in [0, 0.1) is 0 Å². The number of pyridine rings is 1. The summed E-state index contributed by atoms with van der Waals surface area (Å²) in [6, 6.07) is 16.3. The summed E-state index contributed by atoms with van der Waals surface area (Å²) in [5.74, 6) is 0.182. The van der Waals surface area contributed by atoms with Gasteiger partial charge in [-0.15, -0.1) is 11.6 Å². The third-order valence-electron chi connectivity index (χ3n) is 6.96. The molecule has 5 aromatic rings. The number of aromatic nitrogens is 2. The van der Waals surface area contributed by atoms with E-state index in [1.165, 1.54) is 30.5 Å². The Morgan fingerprint density at radius 1 is 1.15 bits per heavy atom. The van der Waals surface area contributed by atoms with Crippen LogP contribution in [-0.2, 0) is 0 Å². The van der Waals surface area contributed by atoms with Gasteiger partial charge < -0.3 is 30.2 Å². The zero-order chi connectivity index (χ0) is 27.3. The molecule has 0 bridgehead atoms. The van der Waals surface area contributed by atoms with E-state index in [-0.39, 0.29) is 35.1 Å². The molecule has 39 heavy (non-hydrogen) atoms. The van der Waals surface area contributed by atoms with Crippen molar-refractivity contribution in [2.45, 2.75) is 5.92 Å². The SMILES string of the molecule is COc1cccc2c(O)cc3c(c12)[C@H](CCl)CN3C(=O)c1cc2cc(NC(=O)c3ccc(O)cc3)cnc2[nH]1. The van der Waals surface area contributed by atoms with Crippen LogP contribution in [0.3, 0.4) is 0 Å². The minimum atomic E-state index is -0.355. The van der Waals surface area contributed by atoms with Crippen molar-refractivity contribution >= 4 is 56.6 Å². The van der Waals surface area contributed by atoms with Gasteiger partial charge in [0.05, 0.1) is 24.7 Å². The number of carbonyl (C=O) groups is 2. The van der Waals surface area contributed by atoms with Crippen molar-refractivity contribution < 1.29 is 24.5 Å². The average Bonchev–Trinajstić information content (AvgIpc) is 3.54. The first-order chi connectivity index (χ1) is 18.9. The smallest absolute Gasteiger partial charge is 0.274 e. The number of aromatic amines is 1. The molecular weight excluding hydrogens is 520 g/mol. The van der Waals surface area contributed by atoms with Gasteiger partial charge in [0.2, 0.25) is 0 Å². The summed E-state index contributed by atoms with van der Waals surface area (Å²) in [5, 5.41) is 25.0. The largest absolute Gasteiger partial charge is 0.508 e. The van der Waals surface area contributed by atoms with Gasteiger partial charge in [0.15, 0.2) is 0 Å². The number of alkyl halides is 1. The van der Waals surface area contributed by atoms with Crippen LogP contribution in [0.2, 0.25) is 0 Å². The number of hydrogen-bond donors (Lipinski definition) is 4. The lowest BCUT2D eigenvalue weighted by molar-refractivity contribution is 0.0983. The summed E-state index contributed by atoms with van der Waals surface area (Å²) in [7, 11) is 1.57. The lowest BCUT2D eigenvalue weighted by Gasteiger charge is -2.18. The number of hydrogen-bond acceptors (Lipinski definition) is 6. The Bertz CT molecular complexity index is 1770. The first-order valence-electron chi connectivity index (χ1n) is 12.2. The maximum absolute atomic E-state index is 13.7. The highest BCUT2D eigenvalue weighted by Gasteiger charge is 2.36. The number of fused-ring (bicyclic) bond motifs is 4. The van der Waals surface area contributed by atoms with Gasteiger partial charge in [0.1, 0.15) is 28.6 Å². The van der Waals surface area contributed by atoms with Crippen LogP contribution in [0.15, 0.2) is 66.9 Å². The van der Waals surface area contributed by atoms with Crippen molar-refractivity contribution in [1.82, 2.24) is 9.97 Å². The zero-order valence-electron chi connectivity index (χ0n) is 20.7. The zero-order valence-corrected chi connectivity index (χ0v) is 21.5. The summed E-state index contributed by atoms with van der Waals surface area (Å²) in [6.45, 7) is 0.338. The van der Waals surface area contributed by atoms with E-state index in [1.54, 1.807) is 36.3 Å². The number of benzene rings is 3. The first kappa shape index (κ1) is 24.6. The van der Waals surface area contributed by atoms with E-state index in [4.69, 9.17) is 16.3 Å². The minimum absolute atomic E-state index is 0.0444. The van der Waals surface area contributed by atoms with Crippen LogP contribution < -0.4 is 15.0 Å². The van der Waals surface area contributed by atoms with E-state index in [9.17, 15) is 19.8 Å². The molecular formula is C29H23ClN4O5. The van der Waals surface area contributed by atoms with Gasteiger partial charge >= 0.3 is 0 Å². The van der Waals surface area contributed by atoms with E-state index in [0.717, 1.165) is 10.9 Å². The van der Waals surface area contributed by atoms with Gasteiger partial charge in [-0.2, -0.15) is 0 Å². The highest BCUT2D eigenvalue weighted by atomic mass is 35.5. The van der Waals surface area contributed by atoms with Crippen molar-refractivity contribution in [3.05, 3.63) is 83.7 Å². The Morgan fingerprint density at radius 2 is 1.95 bits per heavy atom. The monoisotopic (exact) mass is 542 g/mol. The lowest BCUT2D eigenvalue weighted by atomic mass is 9.94. The Balaban J connectivity index is 1.33. The van der Waals surface area contributed by atoms with Gasteiger partial charge in [-0.1, -0.05) is 12.1 Å². The second-order valence-electron chi connectivity index (χ2n) is 9.32. The molecule has 0 saturated heterocycles. The highest BCUT2D eigenvalue weighted by Crippen LogP contribution is 2.48. The predicted molar refractivity (Wildman–Crippen MR) is 149 cm³/mol. The van der Waals surface area contributed by atoms with Crippen molar-refractivity contribution in [3.63, 3.8) is 0 Å². The van der Waals surface area contributed by atoms with Crippen LogP contribution in [0.5, 0.6) is 17.2 Å². The van der Waals surface area contributed by atoms with Gasteiger partial charge in [-0.25, -0.2) is 4.98 Å². The summed E-state index contributed by atoms with van der Waals surface area (Å²) in [6.07, 6.45) is 1.50. The molecule has 2 aromatic heterocycles. The van der Waals surface area contributed by atoms with Crippen molar-refractivity contribution in [3.8, 4) is 17.2 Å². The molecule has 1 aliphatic heterocycles. The van der Waals surface area contributed by atoms with E-state index in [1.807, 2.05) is 12.1 Å². The van der Waals surface area contributed by atoms with Crippen molar-refractivity contribution in [2.75, 3.05) is 29.8 Å². The molecule has 1 aliphatic rings. The number of phenolic OH excluding ortho intramolecular Hbond substituents is 2. The number of phenols is 2. The Morgan fingerprint density at radius 3 is 2.69 bits per heavy atom. The van der Waals surface area contributed by atoms with Crippen LogP contribution >= 0.6 is 11.6 Å². The van der Waals surface area contributed by atoms with Gasteiger partial charge in [0.25, 0.3) is 11.8 Å². The molecule has 2 amide bonds. The van der Waals surface area contributed by atoms with Gasteiger partial charge in [-0.05, 0) is 48.0 Å². The number of rotatable bonds is 5. The molecule has 4 N–H and O–H groups in total. The minimum Gasteiger partial charge on any atom is -0.508 e. The summed E-state index contributed by atoms with van der Waals surface area (Å²) < 4.78 is 5.58. The Labute approximate surface area is 227 Å². The molecule has 1 atom stereocenters. The number of amides is 2. The summed E-state index contributed by atoms with van der Waals surface area (Å²) >= 11 is 6.36. The molecule has 196 valence electrons. The fourth-order valence-corrected chi connectivity index (χ4v) is 5.38. The number of H-pyrrole nitrogens is 1. The Hall–Kier alpha value is -4.76.